The molecule has 6 nitrogen and oxygen atoms in total. The molecule has 2 atom stereocenters. The SMILES string of the molecule is Cc1cccc([C@H]2CCCCCN2C(=O)CN2C(=O)N[C@@](C)(C3CC3)C2=O)c1. The van der Waals surface area contributed by atoms with E-state index in [1.807, 2.05) is 11.0 Å². The van der Waals surface area contributed by atoms with Crippen LogP contribution in [0.4, 0.5) is 4.79 Å². The summed E-state index contributed by atoms with van der Waals surface area (Å²) in [6.07, 6.45) is 5.93. The highest BCUT2D eigenvalue weighted by molar-refractivity contribution is 6.09. The molecular weight excluding hydrogens is 354 g/mol. The Morgan fingerprint density at radius 3 is 2.68 bits per heavy atom. The molecule has 1 N–H and O–H groups in total. The van der Waals surface area contributed by atoms with Gasteiger partial charge in [0.25, 0.3) is 5.91 Å². The summed E-state index contributed by atoms with van der Waals surface area (Å²) in [6.45, 7) is 4.34. The highest BCUT2D eigenvalue weighted by atomic mass is 16.2. The monoisotopic (exact) mass is 383 g/mol. The number of likely N-dealkylation sites (tertiary alicyclic amines) is 1. The van der Waals surface area contributed by atoms with Crippen molar-refractivity contribution in [1.29, 1.82) is 0 Å². The summed E-state index contributed by atoms with van der Waals surface area (Å²) in [6, 6.07) is 7.85. The molecule has 3 aliphatic rings. The highest BCUT2D eigenvalue weighted by Gasteiger charge is 2.56. The standard InChI is InChI=1S/C22H29N3O3/c1-15-7-6-8-16(13-15)18-9-4-3-5-12-24(18)19(26)14-25-20(27)22(2,17-10-11-17)23-21(25)28/h6-8,13,17-18H,3-5,9-12,14H2,1-2H3,(H,23,28)/t18-,22+/m1/s1. The second-order valence-corrected chi connectivity index (χ2v) is 8.66. The Balaban J connectivity index is 1.53. The summed E-state index contributed by atoms with van der Waals surface area (Å²) >= 11 is 0. The van der Waals surface area contributed by atoms with Gasteiger partial charge in [0, 0.05) is 6.54 Å². The number of hydrogen-bond acceptors (Lipinski definition) is 3. The van der Waals surface area contributed by atoms with Crippen molar-refractivity contribution in [3.63, 3.8) is 0 Å². The molecule has 2 saturated heterocycles. The van der Waals surface area contributed by atoms with E-state index < -0.39 is 11.6 Å². The fourth-order valence-corrected chi connectivity index (χ4v) is 4.65. The van der Waals surface area contributed by atoms with Gasteiger partial charge >= 0.3 is 6.03 Å². The van der Waals surface area contributed by atoms with Gasteiger partial charge in [-0.3, -0.25) is 14.5 Å². The first-order valence-electron chi connectivity index (χ1n) is 10.4. The Bertz CT molecular complexity index is 804. The number of hydrogen-bond donors (Lipinski definition) is 1. The number of nitrogens with one attached hydrogen (secondary N) is 1. The minimum absolute atomic E-state index is 0.00508. The van der Waals surface area contributed by atoms with E-state index in [4.69, 9.17) is 0 Å². The molecule has 4 amide bonds. The molecule has 2 aliphatic heterocycles. The lowest BCUT2D eigenvalue weighted by Gasteiger charge is -2.32. The molecule has 1 saturated carbocycles. The van der Waals surface area contributed by atoms with Crippen LogP contribution in [0.25, 0.3) is 0 Å². The third-order valence-electron chi connectivity index (χ3n) is 6.49. The smallest absolute Gasteiger partial charge is 0.325 e. The van der Waals surface area contributed by atoms with Crippen molar-refractivity contribution in [2.45, 2.75) is 64.0 Å². The maximum atomic E-state index is 13.2. The maximum absolute atomic E-state index is 13.2. The van der Waals surface area contributed by atoms with Gasteiger partial charge in [-0.1, -0.05) is 42.7 Å². The first kappa shape index (κ1) is 19.0. The Labute approximate surface area is 166 Å². The van der Waals surface area contributed by atoms with Gasteiger partial charge in [0.1, 0.15) is 12.1 Å². The zero-order valence-corrected chi connectivity index (χ0v) is 16.7. The lowest BCUT2D eigenvalue weighted by Crippen LogP contribution is -2.47. The fraction of sp³-hybridized carbons (Fsp3) is 0.591. The third-order valence-corrected chi connectivity index (χ3v) is 6.49. The average Bonchev–Trinajstić information content (AvgIpc) is 3.49. The van der Waals surface area contributed by atoms with Crippen LogP contribution in [-0.4, -0.2) is 46.3 Å². The second-order valence-electron chi connectivity index (χ2n) is 8.66. The molecule has 3 fully saturated rings. The van der Waals surface area contributed by atoms with Crippen LogP contribution in [0.2, 0.25) is 0 Å². The fourth-order valence-electron chi connectivity index (χ4n) is 4.65. The Kier molecular flexibility index (Phi) is 4.89. The van der Waals surface area contributed by atoms with Gasteiger partial charge in [0.15, 0.2) is 0 Å². The molecule has 0 spiro atoms. The molecule has 2 heterocycles. The minimum atomic E-state index is -0.841. The first-order valence-corrected chi connectivity index (χ1v) is 10.4. The predicted octanol–water partition coefficient (Wildman–Crippen LogP) is 3.16. The van der Waals surface area contributed by atoms with E-state index in [9.17, 15) is 14.4 Å². The number of rotatable bonds is 4. The first-order chi connectivity index (χ1) is 13.4. The van der Waals surface area contributed by atoms with E-state index in [0.717, 1.165) is 49.0 Å². The summed E-state index contributed by atoms with van der Waals surface area (Å²) in [5.74, 6) is -0.200. The Morgan fingerprint density at radius 2 is 1.96 bits per heavy atom. The van der Waals surface area contributed by atoms with Crippen LogP contribution < -0.4 is 5.32 Å². The van der Waals surface area contributed by atoms with Crippen molar-refractivity contribution in [1.82, 2.24) is 15.1 Å². The molecule has 28 heavy (non-hydrogen) atoms. The summed E-state index contributed by atoms with van der Waals surface area (Å²) in [4.78, 5) is 41.5. The van der Waals surface area contributed by atoms with E-state index in [1.54, 1.807) is 6.92 Å². The van der Waals surface area contributed by atoms with Crippen molar-refractivity contribution >= 4 is 17.8 Å². The molecule has 0 bridgehead atoms. The minimum Gasteiger partial charge on any atom is -0.334 e. The Morgan fingerprint density at radius 1 is 1.18 bits per heavy atom. The van der Waals surface area contributed by atoms with Gasteiger partial charge in [-0.15, -0.1) is 0 Å². The summed E-state index contributed by atoms with van der Waals surface area (Å²) in [5, 5.41) is 2.83. The van der Waals surface area contributed by atoms with Crippen molar-refractivity contribution in [3.8, 4) is 0 Å². The van der Waals surface area contributed by atoms with E-state index in [-0.39, 0.29) is 30.3 Å². The molecule has 1 aliphatic carbocycles. The van der Waals surface area contributed by atoms with Crippen LogP contribution >= 0.6 is 0 Å². The van der Waals surface area contributed by atoms with Crippen LogP contribution in [0.1, 0.15) is 62.6 Å². The lowest BCUT2D eigenvalue weighted by atomic mass is 9.96. The van der Waals surface area contributed by atoms with Crippen LogP contribution in [0, 0.1) is 12.8 Å². The molecule has 0 aromatic heterocycles. The number of amides is 4. The van der Waals surface area contributed by atoms with E-state index in [1.165, 1.54) is 5.56 Å². The average molecular weight is 383 g/mol. The van der Waals surface area contributed by atoms with Crippen molar-refractivity contribution in [2.24, 2.45) is 5.92 Å². The van der Waals surface area contributed by atoms with Gasteiger partial charge in [0.05, 0.1) is 6.04 Å². The number of imide groups is 1. The van der Waals surface area contributed by atoms with Gasteiger partial charge < -0.3 is 10.2 Å². The predicted molar refractivity (Wildman–Crippen MR) is 105 cm³/mol. The number of benzene rings is 1. The molecule has 150 valence electrons. The van der Waals surface area contributed by atoms with Crippen LogP contribution in [0.15, 0.2) is 24.3 Å². The molecule has 4 rings (SSSR count). The van der Waals surface area contributed by atoms with Gasteiger partial charge in [-0.05, 0) is 51.0 Å². The van der Waals surface area contributed by atoms with Crippen molar-refractivity contribution in [2.75, 3.05) is 13.1 Å². The molecule has 1 aromatic carbocycles. The number of nitrogens with zero attached hydrogens (tertiary/aromatic N) is 2. The zero-order valence-electron chi connectivity index (χ0n) is 16.7. The third kappa shape index (κ3) is 3.40. The molecule has 1 aromatic rings. The van der Waals surface area contributed by atoms with Gasteiger partial charge in [0.2, 0.25) is 5.91 Å². The van der Waals surface area contributed by atoms with Crippen LogP contribution in [-0.2, 0) is 9.59 Å². The number of urea groups is 1. The zero-order chi connectivity index (χ0) is 19.9. The highest BCUT2D eigenvalue weighted by Crippen LogP contribution is 2.42. The molecule has 0 unspecified atom stereocenters. The molecule has 0 radical (unpaired) electrons. The quantitative estimate of drug-likeness (QED) is 0.812. The van der Waals surface area contributed by atoms with Crippen LogP contribution in [0.3, 0.4) is 0 Å². The lowest BCUT2D eigenvalue weighted by molar-refractivity contribution is -0.140. The molecular formula is C22H29N3O3. The van der Waals surface area contributed by atoms with Crippen molar-refractivity contribution < 1.29 is 14.4 Å². The van der Waals surface area contributed by atoms with Crippen LogP contribution in [0.5, 0.6) is 0 Å². The summed E-state index contributed by atoms with van der Waals surface area (Å²) < 4.78 is 0. The van der Waals surface area contributed by atoms with E-state index >= 15 is 0 Å². The van der Waals surface area contributed by atoms with E-state index in [2.05, 4.69) is 30.4 Å². The van der Waals surface area contributed by atoms with Gasteiger partial charge in [-0.25, -0.2) is 4.79 Å². The topological polar surface area (TPSA) is 69.7 Å². The maximum Gasteiger partial charge on any atom is 0.325 e. The number of aryl methyl sites for hydroxylation is 1. The van der Waals surface area contributed by atoms with Crippen molar-refractivity contribution in [3.05, 3.63) is 35.4 Å². The second kappa shape index (κ2) is 7.22. The molecule has 6 heteroatoms. The number of carbonyl (C=O) groups is 3. The normalized spacial score (nSPS) is 28.3. The Hall–Kier alpha value is -2.37. The summed E-state index contributed by atoms with van der Waals surface area (Å²) in [7, 11) is 0. The number of carbonyl (C=O) groups excluding carboxylic acids is 3. The summed E-state index contributed by atoms with van der Waals surface area (Å²) in [5.41, 5.74) is 1.46. The largest absolute Gasteiger partial charge is 0.334 e. The van der Waals surface area contributed by atoms with Gasteiger partial charge in [-0.2, -0.15) is 0 Å². The van der Waals surface area contributed by atoms with E-state index in [0.29, 0.717) is 6.54 Å².